The zero-order valence-electron chi connectivity index (χ0n) is 11.0. The highest BCUT2D eigenvalue weighted by atomic mass is 19.4. The molecular weight excluding hydrogens is 285 g/mol. The molecule has 21 heavy (non-hydrogen) atoms. The maximum Gasteiger partial charge on any atom is 0.419 e. The van der Waals surface area contributed by atoms with E-state index in [1.165, 1.54) is 24.3 Å². The molecule has 1 aromatic carbocycles. The fourth-order valence-electron chi connectivity index (χ4n) is 2.01. The molecule has 1 aliphatic carbocycles. The van der Waals surface area contributed by atoms with Gasteiger partial charge in [-0.15, -0.1) is 0 Å². The molecule has 112 valence electrons. The first-order valence-electron chi connectivity index (χ1n) is 6.30. The van der Waals surface area contributed by atoms with Crippen molar-refractivity contribution < 1.29 is 27.8 Å². The van der Waals surface area contributed by atoms with Crippen molar-refractivity contribution in [2.45, 2.75) is 25.6 Å². The first-order valence-corrected chi connectivity index (χ1v) is 6.30. The van der Waals surface area contributed by atoms with Crippen LogP contribution < -0.4 is 0 Å². The fourth-order valence-corrected chi connectivity index (χ4v) is 2.01. The Morgan fingerprint density at radius 1 is 1.33 bits per heavy atom. The lowest BCUT2D eigenvalue weighted by Gasteiger charge is -2.19. The zero-order chi connectivity index (χ0) is 15.5. The quantitative estimate of drug-likeness (QED) is 0.911. The van der Waals surface area contributed by atoms with Crippen molar-refractivity contribution in [3.63, 3.8) is 0 Å². The van der Waals surface area contributed by atoms with Crippen LogP contribution in [0, 0.1) is 0 Å². The van der Waals surface area contributed by atoms with Crippen molar-refractivity contribution in [3.8, 4) is 0 Å². The minimum Gasteiger partial charge on any atom is -0.493 e. The molecule has 1 aliphatic rings. The number of rotatable bonds is 4. The van der Waals surface area contributed by atoms with Gasteiger partial charge in [0.2, 0.25) is 0 Å². The van der Waals surface area contributed by atoms with E-state index in [9.17, 15) is 18.0 Å². The Bertz CT molecular complexity index is 600. The van der Waals surface area contributed by atoms with Gasteiger partial charge >= 0.3 is 12.1 Å². The number of ether oxygens (including phenoxy) is 1. The third-order valence-electron chi connectivity index (χ3n) is 3.02. The number of carbonyl (C=O) groups is 1. The zero-order valence-corrected chi connectivity index (χ0v) is 11.0. The van der Waals surface area contributed by atoms with Gasteiger partial charge in [-0.3, -0.25) is 0 Å². The molecule has 0 aliphatic heterocycles. The topological polar surface area (TPSA) is 46.5 Å². The molecule has 1 N–H and O–H groups in total. The number of alkyl halides is 3. The van der Waals surface area contributed by atoms with Gasteiger partial charge in [-0.2, -0.15) is 13.2 Å². The van der Waals surface area contributed by atoms with Crippen molar-refractivity contribution in [1.29, 1.82) is 0 Å². The van der Waals surface area contributed by atoms with Crippen LogP contribution >= 0.6 is 0 Å². The first kappa shape index (κ1) is 15.2. The van der Waals surface area contributed by atoms with Crippen LogP contribution in [0.5, 0.6) is 0 Å². The van der Waals surface area contributed by atoms with Gasteiger partial charge in [0.25, 0.3) is 0 Å². The van der Waals surface area contributed by atoms with E-state index in [4.69, 9.17) is 9.84 Å². The first-order chi connectivity index (χ1) is 9.88. The summed E-state index contributed by atoms with van der Waals surface area (Å²) in [6.07, 6.45) is -1.30. The summed E-state index contributed by atoms with van der Waals surface area (Å²) in [5, 5.41) is 8.87. The summed E-state index contributed by atoms with van der Waals surface area (Å²) in [4.78, 5) is 10.8. The molecule has 0 bridgehead atoms. The molecule has 0 fully saturated rings. The van der Waals surface area contributed by atoms with Crippen LogP contribution in [0.2, 0.25) is 0 Å². The van der Waals surface area contributed by atoms with Crippen molar-refractivity contribution in [3.05, 3.63) is 58.9 Å². The van der Waals surface area contributed by atoms with Gasteiger partial charge in [0.1, 0.15) is 12.4 Å². The molecular formula is C15H13F3O3. The Balaban J connectivity index is 2.15. The van der Waals surface area contributed by atoms with Crippen LogP contribution in [-0.2, 0) is 11.3 Å². The van der Waals surface area contributed by atoms with Crippen LogP contribution in [0.4, 0.5) is 13.2 Å². The van der Waals surface area contributed by atoms with Crippen molar-refractivity contribution >= 4 is 5.97 Å². The van der Waals surface area contributed by atoms with Gasteiger partial charge in [-0.25, -0.2) is 4.79 Å². The molecule has 0 radical (unpaired) electrons. The van der Waals surface area contributed by atoms with Crippen LogP contribution in [0.15, 0.2) is 47.7 Å². The number of benzene rings is 1. The SMILES string of the molecule is O=C(O)c1cccc(COC2=C(C(F)(F)F)C=CCC2)c1. The summed E-state index contributed by atoms with van der Waals surface area (Å²) in [5.41, 5.74) is -0.189. The van der Waals surface area contributed by atoms with Gasteiger partial charge < -0.3 is 9.84 Å². The molecule has 0 amide bonds. The Kier molecular flexibility index (Phi) is 4.35. The van der Waals surface area contributed by atoms with E-state index in [0.717, 1.165) is 6.08 Å². The minimum atomic E-state index is -4.45. The lowest BCUT2D eigenvalue weighted by atomic mass is 10.0. The maximum absolute atomic E-state index is 12.8. The van der Waals surface area contributed by atoms with Crippen LogP contribution in [0.25, 0.3) is 0 Å². The monoisotopic (exact) mass is 298 g/mol. The third-order valence-corrected chi connectivity index (χ3v) is 3.02. The molecule has 0 atom stereocenters. The van der Waals surface area contributed by atoms with E-state index in [1.54, 1.807) is 6.07 Å². The Morgan fingerprint density at radius 2 is 2.10 bits per heavy atom. The predicted molar refractivity (Wildman–Crippen MR) is 69.6 cm³/mol. The number of hydrogen-bond donors (Lipinski definition) is 1. The minimum absolute atomic E-state index is 0.0738. The van der Waals surface area contributed by atoms with E-state index >= 15 is 0 Å². The number of allylic oxidation sites excluding steroid dienone is 4. The van der Waals surface area contributed by atoms with E-state index in [0.29, 0.717) is 12.0 Å². The highest BCUT2D eigenvalue weighted by molar-refractivity contribution is 5.87. The van der Waals surface area contributed by atoms with Crippen LogP contribution in [0.1, 0.15) is 28.8 Å². The number of halogens is 3. The van der Waals surface area contributed by atoms with Crippen LogP contribution in [-0.4, -0.2) is 17.3 Å². The number of carboxylic acids is 1. The van der Waals surface area contributed by atoms with Crippen molar-refractivity contribution in [2.24, 2.45) is 0 Å². The highest BCUT2D eigenvalue weighted by Crippen LogP contribution is 2.34. The van der Waals surface area contributed by atoms with E-state index in [2.05, 4.69) is 0 Å². The Morgan fingerprint density at radius 3 is 2.76 bits per heavy atom. The van der Waals surface area contributed by atoms with Gasteiger partial charge in [-0.1, -0.05) is 24.3 Å². The standard InChI is InChI=1S/C15H13F3O3/c16-15(17,18)12-6-1-2-7-13(12)21-9-10-4-3-5-11(8-10)14(19)20/h1,3-6,8H,2,7,9H2,(H,19,20). The fraction of sp³-hybridized carbons (Fsp3) is 0.267. The van der Waals surface area contributed by atoms with Gasteiger partial charge in [0.05, 0.1) is 11.1 Å². The van der Waals surface area contributed by atoms with Crippen molar-refractivity contribution in [1.82, 2.24) is 0 Å². The van der Waals surface area contributed by atoms with Gasteiger partial charge in [-0.05, 0) is 24.1 Å². The summed E-state index contributed by atoms with van der Waals surface area (Å²) in [7, 11) is 0. The van der Waals surface area contributed by atoms with Gasteiger partial charge in [0, 0.05) is 6.42 Å². The van der Waals surface area contributed by atoms with E-state index in [1.807, 2.05) is 0 Å². The summed E-state index contributed by atoms with van der Waals surface area (Å²) >= 11 is 0. The number of aromatic carboxylic acids is 1. The highest BCUT2D eigenvalue weighted by Gasteiger charge is 2.36. The lowest BCUT2D eigenvalue weighted by Crippen LogP contribution is -2.16. The smallest absolute Gasteiger partial charge is 0.419 e. The largest absolute Gasteiger partial charge is 0.493 e. The average Bonchev–Trinajstić information content (AvgIpc) is 2.45. The molecule has 2 rings (SSSR count). The summed E-state index contributed by atoms with van der Waals surface area (Å²) < 4.78 is 43.7. The molecule has 1 aromatic rings. The number of hydrogen-bond acceptors (Lipinski definition) is 2. The second-order valence-corrected chi connectivity index (χ2v) is 4.57. The molecule has 0 unspecified atom stereocenters. The average molecular weight is 298 g/mol. The molecule has 0 saturated carbocycles. The molecule has 0 saturated heterocycles. The van der Waals surface area contributed by atoms with E-state index < -0.39 is 17.7 Å². The lowest BCUT2D eigenvalue weighted by molar-refractivity contribution is -0.0925. The van der Waals surface area contributed by atoms with Gasteiger partial charge in [0.15, 0.2) is 0 Å². The molecule has 6 heteroatoms. The molecule has 0 spiro atoms. The predicted octanol–water partition coefficient (Wildman–Crippen LogP) is 4.07. The Hall–Kier alpha value is -2.24. The second kappa shape index (κ2) is 6.03. The summed E-state index contributed by atoms with van der Waals surface area (Å²) in [5.74, 6) is -1.20. The summed E-state index contributed by atoms with van der Waals surface area (Å²) in [6, 6.07) is 5.94. The normalized spacial score (nSPS) is 15.2. The van der Waals surface area contributed by atoms with Crippen LogP contribution in [0.3, 0.4) is 0 Å². The van der Waals surface area contributed by atoms with Crippen molar-refractivity contribution in [2.75, 3.05) is 0 Å². The Labute approximate surface area is 119 Å². The maximum atomic E-state index is 12.8. The summed E-state index contributed by atoms with van der Waals surface area (Å²) in [6.45, 7) is -0.0934. The molecule has 0 aromatic heterocycles. The molecule has 3 nitrogen and oxygen atoms in total. The van der Waals surface area contributed by atoms with E-state index in [-0.39, 0.29) is 24.4 Å². The number of carboxylic acid groups (broad SMARTS) is 1. The second-order valence-electron chi connectivity index (χ2n) is 4.57. The third kappa shape index (κ3) is 3.87. The molecule has 0 heterocycles.